The van der Waals surface area contributed by atoms with Crippen LogP contribution in [0, 0.1) is 11.3 Å². The van der Waals surface area contributed by atoms with Crippen LogP contribution in [0.25, 0.3) is 0 Å². The van der Waals surface area contributed by atoms with Crippen LogP contribution in [-0.4, -0.2) is 47.6 Å². The van der Waals surface area contributed by atoms with Gasteiger partial charge >= 0.3 is 0 Å². The van der Waals surface area contributed by atoms with Crippen molar-refractivity contribution in [2.24, 2.45) is 11.3 Å². The van der Waals surface area contributed by atoms with Crippen molar-refractivity contribution in [2.75, 3.05) is 13.2 Å². The summed E-state index contributed by atoms with van der Waals surface area (Å²) in [5.41, 5.74) is -0.782. The van der Waals surface area contributed by atoms with Crippen molar-refractivity contribution in [3.8, 4) is 0 Å². The van der Waals surface area contributed by atoms with Crippen LogP contribution in [0.15, 0.2) is 0 Å². The second kappa shape index (κ2) is 4.70. The van der Waals surface area contributed by atoms with Crippen molar-refractivity contribution >= 4 is 11.8 Å². The minimum Gasteiger partial charge on any atom is -0.378 e. The van der Waals surface area contributed by atoms with Crippen molar-refractivity contribution in [3.05, 3.63) is 0 Å². The van der Waals surface area contributed by atoms with Crippen LogP contribution in [0.3, 0.4) is 0 Å². The van der Waals surface area contributed by atoms with E-state index in [-0.39, 0.29) is 35.9 Å². The van der Waals surface area contributed by atoms with E-state index in [0.29, 0.717) is 12.5 Å². The van der Waals surface area contributed by atoms with Crippen molar-refractivity contribution < 1.29 is 14.3 Å². The fourth-order valence-electron chi connectivity index (χ4n) is 3.97. The normalized spacial score (nSPS) is 39.0. The number of rotatable bonds is 4. The van der Waals surface area contributed by atoms with Crippen LogP contribution in [0.1, 0.15) is 47.0 Å². The molecule has 3 atom stereocenters. The first-order valence-corrected chi connectivity index (χ1v) is 8.04. The van der Waals surface area contributed by atoms with E-state index in [9.17, 15) is 9.59 Å². The fourth-order valence-corrected chi connectivity index (χ4v) is 3.97. The summed E-state index contributed by atoms with van der Waals surface area (Å²) in [6, 6.07) is 0.102. The third-order valence-electron chi connectivity index (χ3n) is 5.68. The highest BCUT2D eigenvalue weighted by Crippen LogP contribution is 2.48. The van der Waals surface area contributed by atoms with E-state index >= 15 is 0 Å². The number of carbonyl (C=O) groups excluding carboxylic acids is 2. The van der Waals surface area contributed by atoms with E-state index < -0.39 is 5.54 Å². The van der Waals surface area contributed by atoms with Crippen LogP contribution < -0.4 is 5.32 Å². The summed E-state index contributed by atoms with van der Waals surface area (Å²) in [6.45, 7) is 9.03. The fraction of sp³-hybridized carbons (Fsp3) is 0.875. The summed E-state index contributed by atoms with van der Waals surface area (Å²) in [7, 11) is 0. The van der Waals surface area contributed by atoms with Gasteiger partial charge in [-0.3, -0.25) is 9.59 Å². The van der Waals surface area contributed by atoms with E-state index in [1.165, 1.54) is 0 Å². The van der Waals surface area contributed by atoms with Gasteiger partial charge in [0.1, 0.15) is 5.54 Å². The highest BCUT2D eigenvalue weighted by atomic mass is 16.5. The van der Waals surface area contributed by atoms with Crippen LogP contribution in [-0.2, 0) is 14.3 Å². The molecule has 3 rings (SSSR count). The summed E-state index contributed by atoms with van der Waals surface area (Å²) in [5, 5.41) is 2.94. The van der Waals surface area contributed by atoms with Crippen LogP contribution in [0.2, 0.25) is 0 Å². The first kappa shape index (κ1) is 14.8. The lowest BCUT2D eigenvalue weighted by Gasteiger charge is -2.57. The SMILES string of the molecule is CCOC1CC(N2CC(=O)NC(C)(C3CC3)C2=O)C1(C)C. The Bertz CT molecular complexity index is 472. The highest BCUT2D eigenvalue weighted by molar-refractivity contribution is 5.98. The maximum Gasteiger partial charge on any atom is 0.249 e. The van der Waals surface area contributed by atoms with Gasteiger partial charge in [-0.1, -0.05) is 13.8 Å². The molecule has 0 spiro atoms. The number of ether oxygens (including phenoxy) is 1. The molecule has 2 aliphatic carbocycles. The molecule has 3 aliphatic rings. The maximum absolute atomic E-state index is 12.9. The van der Waals surface area contributed by atoms with Gasteiger partial charge in [-0.15, -0.1) is 0 Å². The van der Waals surface area contributed by atoms with E-state index in [1.54, 1.807) is 0 Å². The van der Waals surface area contributed by atoms with Crippen molar-refractivity contribution in [1.29, 1.82) is 0 Å². The average molecular weight is 294 g/mol. The molecule has 3 fully saturated rings. The molecule has 0 aromatic heterocycles. The van der Waals surface area contributed by atoms with E-state index in [4.69, 9.17) is 4.74 Å². The topological polar surface area (TPSA) is 58.6 Å². The molecule has 1 heterocycles. The highest BCUT2D eigenvalue weighted by Gasteiger charge is 2.59. The number of carbonyl (C=O) groups is 2. The van der Waals surface area contributed by atoms with Gasteiger partial charge < -0.3 is 15.0 Å². The number of hydrogen-bond donors (Lipinski definition) is 1. The van der Waals surface area contributed by atoms with Gasteiger partial charge in [-0.2, -0.15) is 0 Å². The van der Waals surface area contributed by atoms with E-state index in [2.05, 4.69) is 19.2 Å². The number of nitrogens with one attached hydrogen (secondary N) is 1. The van der Waals surface area contributed by atoms with Crippen molar-refractivity contribution in [1.82, 2.24) is 10.2 Å². The molecule has 118 valence electrons. The van der Waals surface area contributed by atoms with Gasteiger partial charge in [0.25, 0.3) is 0 Å². The summed E-state index contributed by atoms with van der Waals surface area (Å²) >= 11 is 0. The van der Waals surface area contributed by atoms with Crippen LogP contribution in [0.4, 0.5) is 0 Å². The second-order valence-electron chi connectivity index (χ2n) is 7.47. The Morgan fingerprint density at radius 3 is 2.48 bits per heavy atom. The Morgan fingerprint density at radius 2 is 1.95 bits per heavy atom. The molecule has 21 heavy (non-hydrogen) atoms. The lowest BCUT2D eigenvalue weighted by molar-refractivity contribution is -0.179. The lowest BCUT2D eigenvalue weighted by Crippen LogP contribution is -2.73. The quantitative estimate of drug-likeness (QED) is 0.850. The van der Waals surface area contributed by atoms with Crippen molar-refractivity contribution in [3.63, 3.8) is 0 Å². The molecule has 0 aromatic carbocycles. The van der Waals surface area contributed by atoms with Crippen molar-refractivity contribution in [2.45, 2.75) is 64.6 Å². The Hall–Kier alpha value is -1.10. The molecular formula is C16H26N2O3. The molecule has 1 saturated heterocycles. The molecule has 0 radical (unpaired) electrons. The molecule has 0 aromatic rings. The monoisotopic (exact) mass is 294 g/mol. The summed E-state index contributed by atoms with van der Waals surface area (Å²) < 4.78 is 5.75. The zero-order valence-corrected chi connectivity index (χ0v) is 13.4. The van der Waals surface area contributed by atoms with Gasteiger partial charge in [0, 0.05) is 18.1 Å². The first-order chi connectivity index (χ1) is 9.80. The third-order valence-corrected chi connectivity index (χ3v) is 5.68. The van der Waals surface area contributed by atoms with Gasteiger partial charge in [0.2, 0.25) is 11.8 Å². The molecule has 0 bridgehead atoms. The van der Waals surface area contributed by atoms with E-state index in [1.807, 2.05) is 18.7 Å². The number of piperazine rings is 1. The van der Waals surface area contributed by atoms with E-state index in [0.717, 1.165) is 19.3 Å². The Labute approximate surface area is 126 Å². The molecule has 3 unspecified atom stereocenters. The third kappa shape index (κ3) is 2.17. The average Bonchev–Trinajstić information content (AvgIpc) is 3.23. The smallest absolute Gasteiger partial charge is 0.249 e. The molecule has 1 N–H and O–H groups in total. The van der Waals surface area contributed by atoms with Gasteiger partial charge in [0.05, 0.1) is 12.6 Å². The van der Waals surface area contributed by atoms with Crippen LogP contribution in [0.5, 0.6) is 0 Å². The maximum atomic E-state index is 12.9. The summed E-state index contributed by atoms with van der Waals surface area (Å²) in [6.07, 6.45) is 3.08. The summed E-state index contributed by atoms with van der Waals surface area (Å²) in [4.78, 5) is 26.8. The molecule has 1 aliphatic heterocycles. The standard InChI is InChI=1S/C16H26N2O3/c1-5-21-12-8-11(15(12,2)3)18-9-13(19)17-16(4,14(18)20)10-6-7-10/h10-12H,5-9H2,1-4H3,(H,17,19). The second-order valence-corrected chi connectivity index (χ2v) is 7.47. The molecular weight excluding hydrogens is 268 g/mol. The molecule has 2 saturated carbocycles. The van der Waals surface area contributed by atoms with Crippen LogP contribution >= 0.6 is 0 Å². The first-order valence-electron chi connectivity index (χ1n) is 8.04. The Balaban J connectivity index is 1.79. The largest absolute Gasteiger partial charge is 0.378 e. The predicted octanol–water partition coefficient (Wildman–Crippen LogP) is 1.32. The minimum atomic E-state index is -0.692. The minimum absolute atomic E-state index is 0.0281. The Kier molecular flexibility index (Phi) is 3.32. The predicted molar refractivity (Wildman–Crippen MR) is 78.6 cm³/mol. The number of hydrogen-bond acceptors (Lipinski definition) is 3. The van der Waals surface area contributed by atoms with Gasteiger partial charge in [-0.25, -0.2) is 0 Å². The van der Waals surface area contributed by atoms with Gasteiger partial charge in [-0.05, 0) is 39.0 Å². The van der Waals surface area contributed by atoms with Gasteiger partial charge in [0.15, 0.2) is 0 Å². The number of amides is 2. The molecule has 2 amide bonds. The zero-order valence-electron chi connectivity index (χ0n) is 13.4. The lowest BCUT2D eigenvalue weighted by atomic mass is 9.63. The summed E-state index contributed by atoms with van der Waals surface area (Å²) in [5.74, 6) is 0.375. The molecule has 5 nitrogen and oxygen atoms in total. The Morgan fingerprint density at radius 1 is 1.29 bits per heavy atom. The zero-order chi connectivity index (χ0) is 15.4. The molecule has 5 heteroatoms. The number of nitrogens with zero attached hydrogens (tertiary/aromatic N) is 1.